The predicted molar refractivity (Wildman–Crippen MR) is 89.1 cm³/mol. The van der Waals surface area contributed by atoms with Crippen molar-refractivity contribution in [1.29, 1.82) is 0 Å². The maximum absolute atomic E-state index is 4.51. The molecule has 112 valence electrons. The Hall–Kier alpha value is -2.05. The van der Waals surface area contributed by atoms with E-state index in [0.717, 1.165) is 44.1 Å². The lowest BCUT2D eigenvalue weighted by atomic mass is 10.2. The minimum Gasteiger partial charge on any atom is -0.353 e. The van der Waals surface area contributed by atoms with Gasteiger partial charge in [0.15, 0.2) is 0 Å². The van der Waals surface area contributed by atoms with Crippen LogP contribution < -0.4 is 4.90 Å². The van der Waals surface area contributed by atoms with E-state index in [1.165, 1.54) is 10.3 Å². The van der Waals surface area contributed by atoms with Crippen molar-refractivity contribution in [2.24, 2.45) is 0 Å². The van der Waals surface area contributed by atoms with Crippen LogP contribution in [0.15, 0.2) is 42.3 Å². The van der Waals surface area contributed by atoms with Crippen molar-refractivity contribution in [2.45, 2.75) is 6.54 Å². The van der Waals surface area contributed by atoms with Gasteiger partial charge in [-0.25, -0.2) is 9.97 Å². The Morgan fingerprint density at radius 3 is 2.64 bits per heavy atom. The number of hydrogen-bond acceptors (Lipinski definition) is 6. The summed E-state index contributed by atoms with van der Waals surface area (Å²) < 4.78 is 1.20. The van der Waals surface area contributed by atoms with E-state index < -0.39 is 0 Å². The zero-order valence-electron chi connectivity index (χ0n) is 12.2. The maximum atomic E-state index is 4.51. The van der Waals surface area contributed by atoms with Gasteiger partial charge in [-0.2, -0.15) is 0 Å². The van der Waals surface area contributed by atoms with Crippen molar-refractivity contribution in [2.75, 3.05) is 31.1 Å². The van der Waals surface area contributed by atoms with Crippen LogP contribution in [0.25, 0.3) is 10.2 Å². The lowest BCUT2D eigenvalue weighted by Gasteiger charge is -2.35. The number of piperazine rings is 1. The zero-order chi connectivity index (χ0) is 14.8. The first kappa shape index (κ1) is 13.6. The van der Waals surface area contributed by atoms with Gasteiger partial charge in [-0.05, 0) is 29.1 Å². The molecule has 4 heterocycles. The van der Waals surface area contributed by atoms with E-state index in [4.69, 9.17) is 0 Å². The van der Waals surface area contributed by atoms with Crippen molar-refractivity contribution >= 4 is 27.4 Å². The SMILES string of the molecule is c1cc(CN2CCN(c3ncnc4ccsc34)CC2)ccn1. The quantitative estimate of drug-likeness (QED) is 0.743. The van der Waals surface area contributed by atoms with Crippen LogP contribution in [0.1, 0.15) is 5.56 Å². The predicted octanol–water partition coefficient (Wildman–Crippen LogP) is 2.41. The summed E-state index contributed by atoms with van der Waals surface area (Å²) in [5, 5.41) is 2.09. The highest BCUT2D eigenvalue weighted by Gasteiger charge is 2.20. The Labute approximate surface area is 133 Å². The van der Waals surface area contributed by atoms with Gasteiger partial charge in [-0.3, -0.25) is 9.88 Å². The maximum Gasteiger partial charge on any atom is 0.150 e. The molecule has 0 saturated carbocycles. The summed E-state index contributed by atoms with van der Waals surface area (Å²) in [6, 6.07) is 6.24. The van der Waals surface area contributed by atoms with Crippen LogP contribution >= 0.6 is 11.3 Å². The number of fused-ring (bicyclic) bond motifs is 1. The van der Waals surface area contributed by atoms with E-state index in [2.05, 4.69) is 48.3 Å². The second-order valence-corrected chi connectivity index (χ2v) is 6.37. The van der Waals surface area contributed by atoms with Crippen LogP contribution in [0.3, 0.4) is 0 Å². The normalized spacial score (nSPS) is 16.3. The molecule has 3 aromatic rings. The molecule has 0 N–H and O–H groups in total. The summed E-state index contributed by atoms with van der Waals surface area (Å²) in [4.78, 5) is 17.8. The van der Waals surface area contributed by atoms with Crippen LogP contribution in [-0.4, -0.2) is 46.0 Å². The highest BCUT2D eigenvalue weighted by molar-refractivity contribution is 7.17. The smallest absolute Gasteiger partial charge is 0.150 e. The Morgan fingerprint density at radius 1 is 1.00 bits per heavy atom. The van der Waals surface area contributed by atoms with Gasteiger partial charge < -0.3 is 4.90 Å². The molecule has 3 aromatic heterocycles. The molecule has 1 saturated heterocycles. The highest BCUT2D eigenvalue weighted by Crippen LogP contribution is 2.28. The molecule has 0 bridgehead atoms. The largest absolute Gasteiger partial charge is 0.353 e. The first-order valence-electron chi connectivity index (χ1n) is 7.44. The molecule has 4 rings (SSSR count). The van der Waals surface area contributed by atoms with Crippen molar-refractivity contribution < 1.29 is 0 Å². The molecule has 6 heteroatoms. The summed E-state index contributed by atoms with van der Waals surface area (Å²) in [7, 11) is 0. The molecule has 0 unspecified atom stereocenters. The Balaban J connectivity index is 1.45. The van der Waals surface area contributed by atoms with Crippen LogP contribution in [0, 0.1) is 0 Å². The molecular formula is C16H17N5S. The van der Waals surface area contributed by atoms with E-state index in [0.29, 0.717) is 0 Å². The molecule has 0 amide bonds. The van der Waals surface area contributed by atoms with E-state index in [1.54, 1.807) is 17.7 Å². The van der Waals surface area contributed by atoms with Gasteiger partial charge in [0.1, 0.15) is 12.1 Å². The number of aromatic nitrogens is 3. The van der Waals surface area contributed by atoms with Gasteiger partial charge in [0.05, 0.1) is 10.2 Å². The first-order valence-corrected chi connectivity index (χ1v) is 8.32. The molecule has 0 aromatic carbocycles. The van der Waals surface area contributed by atoms with Gasteiger partial charge in [-0.15, -0.1) is 11.3 Å². The lowest BCUT2D eigenvalue weighted by molar-refractivity contribution is 0.249. The van der Waals surface area contributed by atoms with E-state index in [1.807, 2.05) is 12.4 Å². The number of pyridine rings is 1. The molecule has 0 aliphatic carbocycles. The third kappa shape index (κ3) is 2.67. The Kier molecular flexibility index (Phi) is 3.70. The second kappa shape index (κ2) is 5.98. The van der Waals surface area contributed by atoms with Gasteiger partial charge in [0.25, 0.3) is 0 Å². The minimum atomic E-state index is 0.995. The average molecular weight is 311 g/mol. The fourth-order valence-corrected chi connectivity index (χ4v) is 3.73. The summed E-state index contributed by atoms with van der Waals surface area (Å²) in [6.45, 7) is 5.12. The van der Waals surface area contributed by atoms with Crippen LogP contribution in [0.5, 0.6) is 0 Å². The molecule has 0 atom stereocenters. The fourth-order valence-electron chi connectivity index (χ4n) is 2.87. The first-order chi connectivity index (χ1) is 10.9. The van der Waals surface area contributed by atoms with E-state index in [9.17, 15) is 0 Å². The van der Waals surface area contributed by atoms with Crippen molar-refractivity contribution in [3.8, 4) is 0 Å². The molecule has 1 aliphatic rings. The lowest BCUT2D eigenvalue weighted by Crippen LogP contribution is -2.46. The number of nitrogens with zero attached hydrogens (tertiary/aromatic N) is 5. The van der Waals surface area contributed by atoms with Crippen molar-refractivity contribution in [3.05, 3.63) is 47.9 Å². The minimum absolute atomic E-state index is 0.995. The highest BCUT2D eigenvalue weighted by atomic mass is 32.1. The van der Waals surface area contributed by atoms with Gasteiger partial charge in [0, 0.05) is 45.1 Å². The number of thiophene rings is 1. The number of rotatable bonds is 3. The van der Waals surface area contributed by atoms with Gasteiger partial charge >= 0.3 is 0 Å². The Morgan fingerprint density at radius 2 is 1.82 bits per heavy atom. The topological polar surface area (TPSA) is 45.2 Å². The fraction of sp³-hybridized carbons (Fsp3) is 0.312. The van der Waals surface area contributed by atoms with Gasteiger partial charge in [0.2, 0.25) is 0 Å². The van der Waals surface area contributed by atoms with Crippen LogP contribution in [-0.2, 0) is 6.54 Å². The van der Waals surface area contributed by atoms with E-state index >= 15 is 0 Å². The summed E-state index contributed by atoms with van der Waals surface area (Å²) in [6.07, 6.45) is 5.40. The number of hydrogen-bond donors (Lipinski definition) is 0. The third-order valence-corrected chi connectivity index (χ3v) is 4.95. The van der Waals surface area contributed by atoms with Crippen LogP contribution in [0.4, 0.5) is 5.82 Å². The van der Waals surface area contributed by atoms with Crippen molar-refractivity contribution in [3.63, 3.8) is 0 Å². The second-order valence-electron chi connectivity index (χ2n) is 5.45. The summed E-state index contributed by atoms with van der Waals surface area (Å²) >= 11 is 1.72. The monoisotopic (exact) mass is 311 g/mol. The molecular weight excluding hydrogens is 294 g/mol. The van der Waals surface area contributed by atoms with Crippen LogP contribution in [0.2, 0.25) is 0 Å². The number of anilines is 1. The molecule has 1 aliphatic heterocycles. The molecule has 22 heavy (non-hydrogen) atoms. The standard InChI is InChI=1S/C16H17N5S/c1-4-17-5-2-13(1)11-20-6-8-21(9-7-20)16-15-14(3-10-22-15)18-12-19-16/h1-5,10,12H,6-9,11H2. The zero-order valence-corrected chi connectivity index (χ0v) is 13.0. The third-order valence-electron chi connectivity index (χ3n) is 4.05. The molecule has 5 nitrogen and oxygen atoms in total. The summed E-state index contributed by atoms with van der Waals surface area (Å²) in [5.41, 5.74) is 2.38. The Bertz CT molecular complexity index is 749. The molecule has 0 radical (unpaired) electrons. The molecule has 1 fully saturated rings. The van der Waals surface area contributed by atoms with E-state index in [-0.39, 0.29) is 0 Å². The van der Waals surface area contributed by atoms with Crippen molar-refractivity contribution in [1.82, 2.24) is 19.9 Å². The average Bonchev–Trinajstić information content (AvgIpc) is 3.05. The van der Waals surface area contributed by atoms with Gasteiger partial charge in [-0.1, -0.05) is 0 Å². The molecule has 0 spiro atoms. The summed E-state index contributed by atoms with van der Waals surface area (Å²) in [5.74, 6) is 1.09.